The van der Waals surface area contributed by atoms with Crippen LogP contribution in [-0.4, -0.2) is 24.3 Å². The molecule has 0 saturated heterocycles. The number of aromatic nitrogens is 5. The van der Waals surface area contributed by atoms with Gasteiger partial charge in [0.15, 0.2) is 11.5 Å². The second kappa shape index (κ2) is 4.41. The summed E-state index contributed by atoms with van der Waals surface area (Å²) in [6.07, 6.45) is 1.64. The Hall–Kier alpha value is -2.22. The van der Waals surface area contributed by atoms with E-state index in [4.69, 9.17) is 5.73 Å². The lowest BCUT2D eigenvalue weighted by atomic mass is 10.3. The number of thiazole rings is 1. The van der Waals surface area contributed by atoms with Crippen LogP contribution in [0.5, 0.6) is 0 Å². The minimum Gasteiger partial charge on any atom is -0.383 e. The number of nitrogens with zero attached hydrogens (tertiary/aromatic N) is 5. The highest BCUT2D eigenvalue weighted by atomic mass is 32.1. The fraction of sp³-hybridized carbons (Fsp3) is 0.333. The molecular weight excluding hydrogens is 276 g/mol. The molecule has 0 spiro atoms. The van der Waals surface area contributed by atoms with Crippen LogP contribution in [0.15, 0.2) is 11.0 Å². The summed E-state index contributed by atoms with van der Waals surface area (Å²) in [7, 11) is 1.80. The van der Waals surface area contributed by atoms with Gasteiger partial charge in [0.05, 0.1) is 18.1 Å². The Kier molecular flexibility index (Phi) is 2.82. The highest BCUT2D eigenvalue weighted by molar-refractivity contribution is 7.09. The molecule has 0 aliphatic carbocycles. The zero-order valence-corrected chi connectivity index (χ0v) is 12.2. The van der Waals surface area contributed by atoms with E-state index in [1.165, 1.54) is 11.3 Å². The van der Waals surface area contributed by atoms with Gasteiger partial charge in [-0.3, -0.25) is 14.0 Å². The van der Waals surface area contributed by atoms with E-state index >= 15 is 0 Å². The van der Waals surface area contributed by atoms with Crippen molar-refractivity contribution in [1.29, 1.82) is 0 Å². The third-order valence-corrected chi connectivity index (χ3v) is 4.34. The zero-order chi connectivity index (χ0) is 14.4. The van der Waals surface area contributed by atoms with E-state index in [-0.39, 0.29) is 4.87 Å². The van der Waals surface area contributed by atoms with Crippen LogP contribution in [0.25, 0.3) is 11.0 Å². The summed E-state index contributed by atoms with van der Waals surface area (Å²) in [5.41, 5.74) is 7.52. The van der Waals surface area contributed by atoms with Crippen LogP contribution in [-0.2, 0) is 13.6 Å². The molecule has 0 unspecified atom stereocenters. The van der Waals surface area contributed by atoms with Crippen molar-refractivity contribution >= 4 is 28.2 Å². The second-order valence-electron chi connectivity index (χ2n) is 4.63. The third-order valence-electron chi connectivity index (χ3n) is 3.34. The minimum absolute atomic E-state index is 0.00715. The molecule has 0 amide bonds. The molecule has 104 valence electrons. The number of rotatable bonds is 2. The zero-order valence-electron chi connectivity index (χ0n) is 11.4. The lowest BCUT2D eigenvalue weighted by Crippen LogP contribution is -2.17. The van der Waals surface area contributed by atoms with E-state index in [0.717, 1.165) is 16.0 Å². The predicted octanol–water partition coefficient (Wildman–Crippen LogP) is 0.834. The summed E-state index contributed by atoms with van der Waals surface area (Å²) in [5.74, 6) is 0.900. The van der Waals surface area contributed by atoms with E-state index in [1.807, 2.05) is 13.8 Å². The Morgan fingerprint density at radius 3 is 2.75 bits per heavy atom. The van der Waals surface area contributed by atoms with Gasteiger partial charge >= 0.3 is 4.87 Å². The van der Waals surface area contributed by atoms with Gasteiger partial charge in [-0.2, -0.15) is 5.10 Å². The smallest absolute Gasteiger partial charge is 0.307 e. The van der Waals surface area contributed by atoms with Crippen molar-refractivity contribution in [2.45, 2.75) is 20.4 Å². The maximum absolute atomic E-state index is 11.9. The van der Waals surface area contributed by atoms with E-state index in [2.05, 4.69) is 15.1 Å². The van der Waals surface area contributed by atoms with E-state index in [0.29, 0.717) is 23.8 Å². The highest BCUT2D eigenvalue weighted by Crippen LogP contribution is 2.17. The average Bonchev–Trinajstić information content (AvgIpc) is 2.87. The topological polar surface area (TPSA) is 91.6 Å². The van der Waals surface area contributed by atoms with Crippen molar-refractivity contribution in [2.75, 3.05) is 5.73 Å². The quantitative estimate of drug-likeness (QED) is 0.755. The molecule has 0 atom stereocenters. The molecule has 3 heterocycles. The Morgan fingerprint density at radius 2 is 2.10 bits per heavy atom. The lowest BCUT2D eigenvalue weighted by molar-refractivity contribution is 0.706. The van der Waals surface area contributed by atoms with E-state index in [9.17, 15) is 4.79 Å². The number of hydrogen-bond donors (Lipinski definition) is 1. The molecule has 7 nitrogen and oxygen atoms in total. The first-order chi connectivity index (χ1) is 9.47. The molecule has 3 aromatic heterocycles. The molecule has 2 N–H and O–H groups in total. The van der Waals surface area contributed by atoms with Crippen LogP contribution < -0.4 is 10.6 Å². The lowest BCUT2D eigenvalue weighted by Gasteiger charge is -2.05. The fourth-order valence-electron chi connectivity index (χ4n) is 2.07. The van der Waals surface area contributed by atoms with Gasteiger partial charge in [0, 0.05) is 17.6 Å². The number of hydrogen-bond acceptors (Lipinski definition) is 6. The molecule has 20 heavy (non-hydrogen) atoms. The Bertz CT molecular complexity index is 859. The standard InChI is InChI=1S/C12H14N6OS/c1-6-7(2)20-12(19)18(6)5-9-15-10(13)8-4-14-17(3)11(8)16-9/h4H,5H2,1-3H3,(H2,13,15,16). The van der Waals surface area contributed by atoms with Crippen molar-refractivity contribution in [3.8, 4) is 0 Å². The molecule has 0 radical (unpaired) electrons. The third kappa shape index (κ3) is 1.88. The first kappa shape index (κ1) is 12.8. The number of aryl methyl sites for hydroxylation is 2. The molecule has 3 aromatic rings. The largest absolute Gasteiger partial charge is 0.383 e. The van der Waals surface area contributed by atoms with Gasteiger partial charge in [-0.25, -0.2) is 9.97 Å². The Balaban J connectivity index is 2.11. The first-order valence-corrected chi connectivity index (χ1v) is 6.90. The molecule has 8 heteroatoms. The molecule has 0 bridgehead atoms. The second-order valence-corrected chi connectivity index (χ2v) is 5.79. The summed E-state index contributed by atoms with van der Waals surface area (Å²) in [6, 6.07) is 0. The van der Waals surface area contributed by atoms with Gasteiger partial charge in [-0.15, -0.1) is 0 Å². The van der Waals surface area contributed by atoms with Crippen LogP contribution in [0.4, 0.5) is 5.82 Å². The van der Waals surface area contributed by atoms with Crippen LogP contribution in [0.2, 0.25) is 0 Å². The van der Waals surface area contributed by atoms with Crippen molar-refractivity contribution in [3.05, 3.63) is 32.3 Å². The summed E-state index contributed by atoms with van der Waals surface area (Å²) in [6.45, 7) is 4.16. The molecule has 0 fully saturated rings. The van der Waals surface area contributed by atoms with E-state index < -0.39 is 0 Å². The Morgan fingerprint density at radius 1 is 1.35 bits per heavy atom. The molecule has 3 rings (SSSR count). The molecule has 0 aliphatic heterocycles. The van der Waals surface area contributed by atoms with Crippen molar-refractivity contribution in [3.63, 3.8) is 0 Å². The highest BCUT2D eigenvalue weighted by Gasteiger charge is 2.13. The maximum atomic E-state index is 11.9. The van der Waals surface area contributed by atoms with Crippen molar-refractivity contribution < 1.29 is 0 Å². The van der Waals surface area contributed by atoms with Crippen LogP contribution in [0.3, 0.4) is 0 Å². The number of anilines is 1. The number of nitrogen functional groups attached to an aromatic ring is 1. The monoisotopic (exact) mass is 290 g/mol. The van der Waals surface area contributed by atoms with Gasteiger partial charge in [-0.05, 0) is 13.8 Å². The molecule has 0 saturated carbocycles. The van der Waals surface area contributed by atoms with Crippen LogP contribution in [0, 0.1) is 13.8 Å². The fourth-order valence-corrected chi connectivity index (χ4v) is 2.90. The predicted molar refractivity (Wildman–Crippen MR) is 77.9 cm³/mol. The SMILES string of the molecule is Cc1sc(=O)n(Cc2nc(N)c3cnn(C)c3n2)c1C. The summed E-state index contributed by atoms with van der Waals surface area (Å²) in [5, 5.41) is 4.84. The number of fused-ring (bicyclic) bond motifs is 1. The van der Waals surface area contributed by atoms with Gasteiger partial charge in [0.2, 0.25) is 0 Å². The van der Waals surface area contributed by atoms with Gasteiger partial charge < -0.3 is 5.73 Å². The summed E-state index contributed by atoms with van der Waals surface area (Å²) < 4.78 is 3.31. The summed E-state index contributed by atoms with van der Waals surface area (Å²) in [4.78, 5) is 21.6. The normalized spacial score (nSPS) is 11.3. The van der Waals surface area contributed by atoms with Crippen LogP contribution >= 0.6 is 11.3 Å². The Labute approximate surface area is 118 Å². The van der Waals surface area contributed by atoms with Gasteiger partial charge in [-0.1, -0.05) is 11.3 Å². The first-order valence-electron chi connectivity index (χ1n) is 6.08. The average molecular weight is 290 g/mol. The number of nitrogens with two attached hydrogens (primary N) is 1. The maximum Gasteiger partial charge on any atom is 0.307 e. The van der Waals surface area contributed by atoms with Crippen molar-refractivity contribution in [1.82, 2.24) is 24.3 Å². The van der Waals surface area contributed by atoms with Gasteiger partial charge in [0.1, 0.15) is 5.82 Å². The molecule has 0 aliphatic rings. The van der Waals surface area contributed by atoms with Gasteiger partial charge in [0.25, 0.3) is 0 Å². The van der Waals surface area contributed by atoms with Crippen LogP contribution in [0.1, 0.15) is 16.4 Å². The summed E-state index contributed by atoms with van der Waals surface area (Å²) >= 11 is 1.23. The molecular formula is C12H14N6OS. The minimum atomic E-state index is -0.00715. The van der Waals surface area contributed by atoms with Crippen molar-refractivity contribution in [2.24, 2.45) is 7.05 Å². The molecule has 0 aromatic carbocycles. The van der Waals surface area contributed by atoms with E-state index in [1.54, 1.807) is 22.5 Å².